The summed E-state index contributed by atoms with van der Waals surface area (Å²) in [6, 6.07) is 1.04. The molecule has 14 heavy (non-hydrogen) atoms. The van der Waals surface area contributed by atoms with Crippen molar-refractivity contribution in [3.63, 3.8) is 0 Å². The van der Waals surface area contributed by atoms with Crippen LogP contribution < -0.4 is 0 Å². The van der Waals surface area contributed by atoms with E-state index in [0.29, 0.717) is 12.1 Å². The molecule has 0 aromatic heterocycles. The van der Waals surface area contributed by atoms with Crippen molar-refractivity contribution in [2.75, 3.05) is 0 Å². The fourth-order valence-electron chi connectivity index (χ4n) is 1.06. The van der Waals surface area contributed by atoms with Gasteiger partial charge in [-0.2, -0.15) is 0 Å². The molecule has 1 rings (SSSR count). The molecule has 1 atom stereocenters. The molecular formula is C10H9F3O. The zero-order valence-corrected chi connectivity index (χ0v) is 7.52. The topological polar surface area (TPSA) is 20.2 Å². The summed E-state index contributed by atoms with van der Waals surface area (Å²) < 4.78 is 38.6. The van der Waals surface area contributed by atoms with Gasteiger partial charge in [0.15, 0.2) is 0 Å². The van der Waals surface area contributed by atoms with Gasteiger partial charge in [0.2, 0.25) is 0 Å². The van der Waals surface area contributed by atoms with Crippen LogP contribution in [-0.2, 0) is 0 Å². The van der Waals surface area contributed by atoms with E-state index in [1.54, 1.807) is 0 Å². The zero-order chi connectivity index (χ0) is 10.9. The molecule has 1 unspecified atom stereocenters. The van der Waals surface area contributed by atoms with E-state index in [4.69, 9.17) is 0 Å². The molecule has 0 aliphatic carbocycles. The van der Waals surface area contributed by atoms with E-state index in [1.807, 2.05) is 0 Å². The minimum absolute atomic E-state index is 0.189. The Hall–Kier alpha value is -1.29. The summed E-state index contributed by atoms with van der Waals surface area (Å²) in [7, 11) is 0. The van der Waals surface area contributed by atoms with Gasteiger partial charge in [0.1, 0.15) is 23.6 Å². The molecule has 0 amide bonds. The molecule has 0 bridgehead atoms. The van der Waals surface area contributed by atoms with Crippen molar-refractivity contribution < 1.29 is 18.3 Å². The van der Waals surface area contributed by atoms with Gasteiger partial charge in [-0.1, -0.05) is 6.58 Å². The summed E-state index contributed by atoms with van der Waals surface area (Å²) in [6.07, 6.45) is -1.45. The third-order valence-corrected chi connectivity index (χ3v) is 1.78. The van der Waals surface area contributed by atoms with Crippen LogP contribution >= 0.6 is 0 Å². The largest absolute Gasteiger partial charge is 0.384 e. The van der Waals surface area contributed by atoms with E-state index < -0.39 is 29.1 Å². The third-order valence-electron chi connectivity index (χ3n) is 1.78. The van der Waals surface area contributed by atoms with Gasteiger partial charge in [0.25, 0.3) is 0 Å². The monoisotopic (exact) mass is 202 g/mol. The first-order valence-corrected chi connectivity index (χ1v) is 3.91. The quantitative estimate of drug-likeness (QED) is 0.731. The van der Waals surface area contributed by atoms with Crippen molar-refractivity contribution in [2.45, 2.75) is 13.0 Å². The number of hydrogen-bond acceptors (Lipinski definition) is 1. The smallest absolute Gasteiger partial charge is 0.135 e. The molecule has 0 aliphatic heterocycles. The van der Waals surface area contributed by atoms with Gasteiger partial charge in [-0.25, -0.2) is 13.2 Å². The number of benzene rings is 1. The van der Waals surface area contributed by atoms with Crippen LogP contribution in [0.25, 0.3) is 0 Å². The average Bonchev–Trinajstić information content (AvgIpc) is 2.01. The predicted molar refractivity (Wildman–Crippen MR) is 46.1 cm³/mol. The predicted octanol–water partition coefficient (Wildman–Crippen LogP) is 2.71. The molecule has 0 aliphatic rings. The van der Waals surface area contributed by atoms with Crippen LogP contribution in [-0.4, -0.2) is 5.11 Å². The van der Waals surface area contributed by atoms with Crippen molar-refractivity contribution in [3.8, 4) is 0 Å². The van der Waals surface area contributed by atoms with E-state index in [9.17, 15) is 18.3 Å². The number of halogens is 3. The van der Waals surface area contributed by atoms with Crippen LogP contribution in [0.15, 0.2) is 24.3 Å². The highest BCUT2D eigenvalue weighted by Crippen LogP contribution is 2.26. The highest BCUT2D eigenvalue weighted by molar-refractivity contribution is 5.27. The van der Waals surface area contributed by atoms with Crippen molar-refractivity contribution in [3.05, 3.63) is 47.3 Å². The summed E-state index contributed by atoms with van der Waals surface area (Å²) >= 11 is 0. The SMILES string of the molecule is C=C(C)C(O)c1c(F)cc(F)cc1F. The second-order valence-corrected chi connectivity index (χ2v) is 3.03. The lowest BCUT2D eigenvalue weighted by molar-refractivity contribution is 0.204. The standard InChI is InChI=1S/C10H9F3O/c1-5(2)10(14)9-7(12)3-6(11)4-8(9)13/h3-4,10,14H,1H2,2H3. The maximum atomic E-state index is 13.0. The number of rotatable bonds is 2. The first-order valence-electron chi connectivity index (χ1n) is 3.91. The van der Waals surface area contributed by atoms with E-state index in [0.717, 1.165) is 0 Å². The van der Waals surface area contributed by atoms with Gasteiger partial charge in [-0.05, 0) is 12.5 Å². The average molecular weight is 202 g/mol. The molecule has 1 aromatic carbocycles. The van der Waals surface area contributed by atoms with Crippen LogP contribution in [0, 0.1) is 17.5 Å². The Labute approximate surface area is 79.5 Å². The highest BCUT2D eigenvalue weighted by atomic mass is 19.1. The molecule has 1 aromatic rings. The normalized spacial score (nSPS) is 12.6. The van der Waals surface area contributed by atoms with Crippen molar-refractivity contribution >= 4 is 0 Å². The van der Waals surface area contributed by atoms with Gasteiger partial charge < -0.3 is 5.11 Å². The molecule has 1 N–H and O–H groups in total. The van der Waals surface area contributed by atoms with Gasteiger partial charge in [0, 0.05) is 12.1 Å². The maximum Gasteiger partial charge on any atom is 0.135 e. The minimum Gasteiger partial charge on any atom is -0.384 e. The van der Waals surface area contributed by atoms with Crippen molar-refractivity contribution in [2.24, 2.45) is 0 Å². The summed E-state index contributed by atoms with van der Waals surface area (Å²) in [5.74, 6) is -3.24. The van der Waals surface area contributed by atoms with Crippen molar-refractivity contribution in [1.29, 1.82) is 0 Å². The zero-order valence-electron chi connectivity index (χ0n) is 7.52. The first-order chi connectivity index (χ1) is 6.43. The van der Waals surface area contributed by atoms with E-state index in [1.165, 1.54) is 6.92 Å². The summed E-state index contributed by atoms with van der Waals surface area (Å²) in [4.78, 5) is 0. The van der Waals surface area contributed by atoms with E-state index in [-0.39, 0.29) is 5.57 Å². The number of hydrogen-bond donors (Lipinski definition) is 1. The Bertz CT molecular complexity index is 351. The molecule has 76 valence electrons. The highest BCUT2D eigenvalue weighted by Gasteiger charge is 2.19. The van der Waals surface area contributed by atoms with E-state index >= 15 is 0 Å². The van der Waals surface area contributed by atoms with Gasteiger partial charge >= 0.3 is 0 Å². The second-order valence-electron chi connectivity index (χ2n) is 3.03. The molecule has 0 saturated carbocycles. The lowest BCUT2D eigenvalue weighted by Crippen LogP contribution is -2.05. The second kappa shape index (κ2) is 3.84. The Kier molecular flexibility index (Phi) is 2.96. The van der Waals surface area contributed by atoms with Gasteiger partial charge in [-0.3, -0.25) is 0 Å². The Morgan fingerprint density at radius 2 is 1.71 bits per heavy atom. The molecular weight excluding hydrogens is 193 g/mol. The molecule has 1 nitrogen and oxygen atoms in total. The van der Waals surface area contributed by atoms with Crippen LogP contribution in [0.1, 0.15) is 18.6 Å². The van der Waals surface area contributed by atoms with E-state index in [2.05, 4.69) is 6.58 Å². The Morgan fingerprint density at radius 3 is 2.07 bits per heavy atom. The van der Waals surface area contributed by atoms with Crippen LogP contribution in [0.4, 0.5) is 13.2 Å². The van der Waals surface area contributed by atoms with Crippen molar-refractivity contribution in [1.82, 2.24) is 0 Å². The number of aliphatic hydroxyl groups is 1. The van der Waals surface area contributed by atoms with Crippen LogP contribution in [0.3, 0.4) is 0 Å². The molecule has 0 heterocycles. The molecule has 0 spiro atoms. The van der Waals surface area contributed by atoms with Crippen LogP contribution in [0.2, 0.25) is 0 Å². The fraction of sp³-hybridized carbons (Fsp3) is 0.200. The Balaban J connectivity index is 3.27. The minimum atomic E-state index is -1.45. The lowest BCUT2D eigenvalue weighted by Gasteiger charge is -2.12. The lowest BCUT2D eigenvalue weighted by atomic mass is 10.0. The Morgan fingerprint density at radius 1 is 1.29 bits per heavy atom. The molecule has 0 fully saturated rings. The first kappa shape index (κ1) is 10.8. The number of aliphatic hydroxyl groups excluding tert-OH is 1. The summed E-state index contributed by atoms with van der Waals surface area (Å²) in [5.41, 5.74) is -0.381. The summed E-state index contributed by atoms with van der Waals surface area (Å²) in [6.45, 7) is 4.78. The summed E-state index contributed by atoms with van der Waals surface area (Å²) in [5, 5.41) is 9.35. The molecule has 4 heteroatoms. The van der Waals surface area contributed by atoms with Gasteiger partial charge in [-0.15, -0.1) is 0 Å². The van der Waals surface area contributed by atoms with Gasteiger partial charge in [0.05, 0.1) is 5.56 Å². The molecule has 0 saturated heterocycles. The maximum absolute atomic E-state index is 13.0. The third kappa shape index (κ3) is 1.96. The van der Waals surface area contributed by atoms with Crippen LogP contribution in [0.5, 0.6) is 0 Å². The molecule has 0 radical (unpaired) electrons. The fourth-order valence-corrected chi connectivity index (χ4v) is 1.06.